The molecule has 0 heterocycles. The van der Waals surface area contributed by atoms with E-state index < -0.39 is 17.1 Å². The summed E-state index contributed by atoms with van der Waals surface area (Å²) in [7, 11) is 0. The molecule has 1 aromatic carbocycles. The van der Waals surface area contributed by atoms with Crippen molar-refractivity contribution in [3.8, 4) is 0 Å². The lowest BCUT2D eigenvalue weighted by Gasteiger charge is -2.19. The van der Waals surface area contributed by atoms with Gasteiger partial charge in [0.1, 0.15) is 6.10 Å². The Labute approximate surface area is 109 Å². The van der Waals surface area contributed by atoms with Crippen LogP contribution in [0.3, 0.4) is 0 Å². The number of hydrogen-bond donors (Lipinski definition) is 3. The maximum absolute atomic E-state index is 10.7. The number of aryl methyl sites for hydroxylation is 1. The highest BCUT2D eigenvalue weighted by Crippen LogP contribution is 2.31. The minimum absolute atomic E-state index is 0.152. The molecule has 0 fully saturated rings. The van der Waals surface area contributed by atoms with Crippen molar-refractivity contribution >= 4 is 23.0 Å². The predicted molar refractivity (Wildman–Crippen MR) is 68.5 cm³/mol. The van der Waals surface area contributed by atoms with Crippen molar-refractivity contribution in [2.75, 3.05) is 11.6 Å². The van der Waals surface area contributed by atoms with Crippen LogP contribution in [0.5, 0.6) is 0 Å². The zero-order valence-corrected chi connectivity index (χ0v) is 10.6. The molecule has 0 aromatic heterocycles. The van der Waals surface area contributed by atoms with Crippen LogP contribution < -0.4 is 5.73 Å². The summed E-state index contributed by atoms with van der Waals surface area (Å²) in [6.45, 7) is 1.60. The number of nitrogens with zero attached hydrogens (tertiary/aromatic N) is 1. The maximum atomic E-state index is 10.7. The smallest absolute Gasteiger partial charge is 0.270 e. The summed E-state index contributed by atoms with van der Waals surface area (Å²) >= 11 is 5.47. The van der Waals surface area contributed by atoms with Crippen molar-refractivity contribution in [2.45, 2.75) is 25.6 Å². The SMILES string of the molecule is Cc1cc([N+](=O)[O-])cc(C(O)C(O)CCCl)c1N. The van der Waals surface area contributed by atoms with Crippen molar-refractivity contribution in [3.05, 3.63) is 33.4 Å². The second kappa shape index (κ2) is 5.99. The Hall–Kier alpha value is -1.37. The standard InChI is InChI=1S/C11H15ClN2O4/c1-6-4-7(14(17)18)5-8(10(6)13)11(16)9(15)2-3-12/h4-5,9,11,15-16H,2-3,13H2,1H3. The molecule has 0 saturated heterocycles. The van der Waals surface area contributed by atoms with Crippen LogP contribution in [0.2, 0.25) is 0 Å². The van der Waals surface area contributed by atoms with Gasteiger partial charge in [0.25, 0.3) is 5.69 Å². The Morgan fingerprint density at radius 1 is 1.50 bits per heavy atom. The summed E-state index contributed by atoms with van der Waals surface area (Å²) in [6.07, 6.45) is -2.22. The lowest BCUT2D eigenvalue weighted by molar-refractivity contribution is -0.385. The second-order valence-corrected chi connectivity index (χ2v) is 4.39. The number of nitrogen functional groups attached to an aromatic ring is 1. The normalized spacial score (nSPS) is 14.2. The molecule has 0 bridgehead atoms. The minimum Gasteiger partial charge on any atom is -0.398 e. The van der Waals surface area contributed by atoms with Gasteiger partial charge in [0, 0.05) is 29.3 Å². The van der Waals surface area contributed by atoms with Crippen LogP contribution in [0.15, 0.2) is 12.1 Å². The van der Waals surface area contributed by atoms with Gasteiger partial charge in [-0.3, -0.25) is 10.1 Å². The van der Waals surface area contributed by atoms with E-state index in [0.29, 0.717) is 5.56 Å². The molecule has 18 heavy (non-hydrogen) atoms. The highest BCUT2D eigenvalue weighted by Gasteiger charge is 2.23. The molecule has 100 valence electrons. The molecule has 0 aliphatic rings. The molecule has 0 saturated carbocycles. The Kier molecular flexibility index (Phi) is 4.89. The quantitative estimate of drug-likeness (QED) is 0.326. The van der Waals surface area contributed by atoms with Gasteiger partial charge in [-0.25, -0.2) is 0 Å². The van der Waals surface area contributed by atoms with Gasteiger partial charge in [0.05, 0.1) is 11.0 Å². The largest absolute Gasteiger partial charge is 0.398 e. The van der Waals surface area contributed by atoms with Gasteiger partial charge >= 0.3 is 0 Å². The zero-order valence-electron chi connectivity index (χ0n) is 9.84. The number of non-ortho nitro benzene ring substituents is 1. The van der Waals surface area contributed by atoms with Crippen LogP contribution in [0.25, 0.3) is 0 Å². The van der Waals surface area contributed by atoms with Crippen LogP contribution in [0.4, 0.5) is 11.4 Å². The first kappa shape index (κ1) is 14.7. The van der Waals surface area contributed by atoms with Gasteiger partial charge in [-0.15, -0.1) is 11.6 Å². The highest BCUT2D eigenvalue weighted by molar-refractivity contribution is 6.17. The minimum atomic E-state index is -1.29. The first-order valence-corrected chi connectivity index (χ1v) is 5.88. The monoisotopic (exact) mass is 274 g/mol. The summed E-state index contributed by atoms with van der Waals surface area (Å²) in [4.78, 5) is 10.2. The highest BCUT2D eigenvalue weighted by atomic mass is 35.5. The van der Waals surface area contributed by atoms with Crippen molar-refractivity contribution in [2.24, 2.45) is 0 Å². The molecule has 1 rings (SSSR count). The van der Waals surface area contributed by atoms with E-state index in [2.05, 4.69) is 0 Å². The van der Waals surface area contributed by atoms with Gasteiger partial charge in [-0.1, -0.05) is 0 Å². The molecule has 2 unspecified atom stereocenters. The first-order chi connectivity index (χ1) is 8.38. The van der Waals surface area contributed by atoms with Crippen LogP contribution in [0.1, 0.15) is 23.7 Å². The van der Waals surface area contributed by atoms with Crippen LogP contribution in [0, 0.1) is 17.0 Å². The molecule has 7 heteroatoms. The number of nitro benzene ring substituents is 1. The Morgan fingerprint density at radius 2 is 2.11 bits per heavy atom. The van der Waals surface area contributed by atoms with Crippen LogP contribution in [-0.4, -0.2) is 27.1 Å². The van der Waals surface area contributed by atoms with Crippen molar-refractivity contribution < 1.29 is 15.1 Å². The van der Waals surface area contributed by atoms with Gasteiger partial charge in [0.15, 0.2) is 0 Å². The number of rotatable bonds is 5. The lowest BCUT2D eigenvalue weighted by atomic mass is 9.97. The number of benzene rings is 1. The molecule has 2 atom stereocenters. The fraction of sp³-hybridized carbons (Fsp3) is 0.455. The number of nitro groups is 1. The van der Waals surface area contributed by atoms with Crippen molar-refractivity contribution in [3.63, 3.8) is 0 Å². The lowest BCUT2D eigenvalue weighted by Crippen LogP contribution is -2.20. The van der Waals surface area contributed by atoms with E-state index in [1.165, 1.54) is 12.1 Å². The molecule has 0 amide bonds. The van der Waals surface area contributed by atoms with Crippen LogP contribution >= 0.6 is 11.6 Å². The second-order valence-electron chi connectivity index (χ2n) is 4.01. The molecule has 0 aliphatic heterocycles. The third-order valence-corrected chi connectivity index (χ3v) is 2.92. The molecular weight excluding hydrogens is 260 g/mol. The molecular formula is C11H15ClN2O4. The molecule has 0 radical (unpaired) electrons. The number of anilines is 1. The molecule has 6 nitrogen and oxygen atoms in total. The number of halogens is 1. The number of hydrogen-bond acceptors (Lipinski definition) is 5. The summed E-state index contributed by atoms with van der Waals surface area (Å²) in [5, 5.41) is 30.3. The maximum Gasteiger partial charge on any atom is 0.270 e. The fourth-order valence-corrected chi connectivity index (χ4v) is 1.86. The zero-order chi connectivity index (χ0) is 13.9. The van der Waals surface area contributed by atoms with Gasteiger partial charge in [-0.2, -0.15) is 0 Å². The molecule has 0 aliphatic carbocycles. The molecule has 4 N–H and O–H groups in total. The van der Waals surface area contributed by atoms with Crippen LogP contribution in [-0.2, 0) is 0 Å². The fourth-order valence-electron chi connectivity index (χ4n) is 1.63. The summed E-state index contributed by atoms with van der Waals surface area (Å²) in [5.41, 5.74) is 6.46. The van der Waals surface area contributed by atoms with E-state index in [0.717, 1.165) is 0 Å². The van der Waals surface area contributed by atoms with Crippen molar-refractivity contribution in [1.29, 1.82) is 0 Å². The average Bonchev–Trinajstić information content (AvgIpc) is 2.31. The van der Waals surface area contributed by atoms with E-state index >= 15 is 0 Å². The summed E-state index contributed by atoms with van der Waals surface area (Å²) in [5.74, 6) is 0.173. The van der Waals surface area contributed by atoms with Gasteiger partial charge in [0.2, 0.25) is 0 Å². The number of alkyl halides is 1. The molecule has 1 aromatic rings. The Bertz CT molecular complexity index is 453. The van der Waals surface area contributed by atoms with E-state index in [4.69, 9.17) is 17.3 Å². The van der Waals surface area contributed by atoms with E-state index in [1.807, 2.05) is 0 Å². The number of aliphatic hydroxyl groups is 2. The topological polar surface area (TPSA) is 110 Å². The Balaban J connectivity index is 3.18. The van der Waals surface area contributed by atoms with Gasteiger partial charge < -0.3 is 15.9 Å². The number of nitrogens with two attached hydrogens (primary N) is 1. The van der Waals surface area contributed by atoms with E-state index in [1.54, 1.807) is 6.92 Å². The number of aliphatic hydroxyl groups excluding tert-OH is 2. The Morgan fingerprint density at radius 3 is 2.61 bits per heavy atom. The van der Waals surface area contributed by atoms with Crippen molar-refractivity contribution in [1.82, 2.24) is 0 Å². The molecule has 0 spiro atoms. The third kappa shape index (κ3) is 3.10. The summed E-state index contributed by atoms with van der Waals surface area (Å²) < 4.78 is 0. The van der Waals surface area contributed by atoms with Gasteiger partial charge in [-0.05, 0) is 18.9 Å². The predicted octanol–water partition coefficient (Wildman–Crippen LogP) is 1.51. The van der Waals surface area contributed by atoms with E-state index in [9.17, 15) is 20.3 Å². The average molecular weight is 275 g/mol. The third-order valence-electron chi connectivity index (χ3n) is 2.70. The van der Waals surface area contributed by atoms with E-state index in [-0.39, 0.29) is 29.2 Å². The summed E-state index contributed by atoms with van der Waals surface area (Å²) in [6, 6.07) is 2.49. The first-order valence-electron chi connectivity index (χ1n) is 5.35.